The Bertz CT molecular complexity index is 608. The van der Waals surface area contributed by atoms with Crippen LogP contribution in [0.1, 0.15) is 31.2 Å². The third-order valence-corrected chi connectivity index (χ3v) is 5.27. The second kappa shape index (κ2) is 8.98. The molecule has 26 heavy (non-hydrogen) atoms. The van der Waals surface area contributed by atoms with Crippen LogP contribution in [0, 0.1) is 5.82 Å². The van der Waals surface area contributed by atoms with Crippen LogP contribution in [0.3, 0.4) is 0 Å². The fourth-order valence-corrected chi connectivity index (χ4v) is 3.72. The number of carbonyl (C=O) groups excluding carboxylic acids is 2. The van der Waals surface area contributed by atoms with E-state index in [1.165, 1.54) is 37.8 Å². The standard InChI is InChI=1S/C19H27FN4O2/c20-16-7-5-15(6-8-16)13-21-19(26)22-14-18(25)24-11-9-23(10-12-24)17-3-1-2-4-17/h5-8,17H,1-4,9-14H2,(H2,21,22,26). The van der Waals surface area contributed by atoms with Crippen LogP contribution < -0.4 is 10.6 Å². The van der Waals surface area contributed by atoms with E-state index in [1.54, 1.807) is 12.1 Å². The Morgan fingerprint density at radius 3 is 2.31 bits per heavy atom. The van der Waals surface area contributed by atoms with Crippen molar-refractivity contribution in [2.75, 3.05) is 32.7 Å². The van der Waals surface area contributed by atoms with Crippen LogP contribution in [0.5, 0.6) is 0 Å². The van der Waals surface area contributed by atoms with Crippen LogP contribution in [0.25, 0.3) is 0 Å². The van der Waals surface area contributed by atoms with Crippen molar-refractivity contribution in [2.45, 2.75) is 38.3 Å². The molecule has 1 saturated heterocycles. The van der Waals surface area contributed by atoms with Gasteiger partial charge in [-0.3, -0.25) is 9.69 Å². The molecule has 2 N–H and O–H groups in total. The van der Waals surface area contributed by atoms with Gasteiger partial charge in [0.1, 0.15) is 5.82 Å². The van der Waals surface area contributed by atoms with Crippen LogP contribution >= 0.6 is 0 Å². The van der Waals surface area contributed by atoms with Gasteiger partial charge < -0.3 is 15.5 Å². The van der Waals surface area contributed by atoms with Crippen molar-refractivity contribution in [3.8, 4) is 0 Å². The van der Waals surface area contributed by atoms with E-state index in [4.69, 9.17) is 0 Å². The largest absolute Gasteiger partial charge is 0.339 e. The molecule has 0 bridgehead atoms. The van der Waals surface area contributed by atoms with Crippen LogP contribution in [0.15, 0.2) is 24.3 Å². The lowest BCUT2D eigenvalue weighted by molar-refractivity contribution is -0.132. The van der Waals surface area contributed by atoms with Crippen LogP contribution in [0.4, 0.5) is 9.18 Å². The molecule has 1 aliphatic carbocycles. The number of hydrogen-bond acceptors (Lipinski definition) is 3. The Morgan fingerprint density at radius 1 is 1.00 bits per heavy atom. The number of nitrogens with one attached hydrogen (secondary N) is 2. The van der Waals surface area contributed by atoms with E-state index in [-0.39, 0.29) is 18.3 Å². The summed E-state index contributed by atoms with van der Waals surface area (Å²) in [4.78, 5) is 28.4. The molecule has 3 amide bonds. The highest BCUT2D eigenvalue weighted by Gasteiger charge is 2.27. The number of urea groups is 1. The number of carbonyl (C=O) groups is 2. The number of halogens is 1. The van der Waals surface area contributed by atoms with Gasteiger partial charge in [-0.1, -0.05) is 25.0 Å². The molecule has 1 aromatic carbocycles. The number of piperazine rings is 1. The summed E-state index contributed by atoms with van der Waals surface area (Å²) < 4.78 is 12.8. The Balaban J connectivity index is 1.33. The van der Waals surface area contributed by atoms with Gasteiger partial charge in [0.25, 0.3) is 0 Å². The monoisotopic (exact) mass is 362 g/mol. The minimum Gasteiger partial charge on any atom is -0.339 e. The van der Waals surface area contributed by atoms with Crippen molar-refractivity contribution in [1.82, 2.24) is 20.4 Å². The lowest BCUT2D eigenvalue weighted by atomic mass is 10.2. The highest BCUT2D eigenvalue weighted by atomic mass is 19.1. The Labute approximate surface area is 153 Å². The lowest BCUT2D eigenvalue weighted by Crippen LogP contribution is -2.53. The van der Waals surface area contributed by atoms with Crippen molar-refractivity contribution in [3.63, 3.8) is 0 Å². The summed E-state index contributed by atoms with van der Waals surface area (Å²) in [5, 5.41) is 5.27. The maximum atomic E-state index is 12.8. The molecule has 142 valence electrons. The predicted molar refractivity (Wildman–Crippen MR) is 97.0 cm³/mol. The highest BCUT2D eigenvalue weighted by molar-refractivity contribution is 5.84. The molecule has 2 fully saturated rings. The molecule has 0 aromatic heterocycles. The topological polar surface area (TPSA) is 64.7 Å². The fourth-order valence-electron chi connectivity index (χ4n) is 3.72. The molecular weight excluding hydrogens is 335 g/mol. The van der Waals surface area contributed by atoms with Gasteiger partial charge in [0.05, 0.1) is 6.54 Å². The van der Waals surface area contributed by atoms with E-state index in [9.17, 15) is 14.0 Å². The molecule has 0 spiro atoms. The summed E-state index contributed by atoms with van der Waals surface area (Å²) in [7, 11) is 0. The SMILES string of the molecule is O=C(NCC(=O)N1CCN(C2CCCC2)CC1)NCc1ccc(F)cc1. The van der Waals surface area contributed by atoms with Gasteiger partial charge in [-0.2, -0.15) is 0 Å². The number of benzene rings is 1. The number of hydrogen-bond donors (Lipinski definition) is 2. The smallest absolute Gasteiger partial charge is 0.315 e. The van der Waals surface area contributed by atoms with Crippen LogP contribution in [-0.4, -0.2) is 60.5 Å². The van der Waals surface area contributed by atoms with Gasteiger partial charge in [-0.25, -0.2) is 9.18 Å². The minimum atomic E-state index is -0.396. The normalized spacial score (nSPS) is 18.7. The number of amides is 3. The van der Waals surface area contributed by atoms with Gasteiger partial charge in [-0.15, -0.1) is 0 Å². The molecule has 3 rings (SSSR count). The Kier molecular flexibility index (Phi) is 6.44. The van der Waals surface area contributed by atoms with E-state index in [2.05, 4.69) is 15.5 Å². The molecule has 1 aliphatic heterocycles. The molecule has 6 nitrogen and oxygen atoms in total. The van der Waals surface area contributed by atoms with Gasteiger partial charge in [0, 0.05) is 38.8 Å². The number of rotatable bonds is 5. The molecule has 0 radical (unpaired) electrons. The van der Waals surface area contributed by atoms with Crippen LogP contribution in [0.2, 0.25) is 0 Å². The Morgan fingerprint density at radius 2 is 1.65 bits per heavy atom. The Hall–Kier alpha value is -2.15. The third-order valence-electron chi connectivity index (χ3n) is 5.27. The predicted octanol–water partition coefficient (Wildman–Crippen LogP) is 1.71. The van der Waals surface area contributed by atoms with E-state index in [1.807, 2.05) is 4.90 Å². The van der Waals surface area contributed by atoms with E-state index >= 15 is 0 Å². The van der Waals surface area contributed by atoms with Crippen molar-refractivity contribution >= 4 is 11.9 Å². The fraction of sp³-hybridized carbons (Fsp3) is 0.579. The van der Waals surface area contributed by atoms with E-state index < -0.39 is 6.03 Å². The van der Waals surface area contributed by atoms with Crippen molar-refractivity contribution < 1.29 is 14.0 Å². The summed E-state index contributed by atoms with van der Waals surface area (Å²) in [6.07, 6.45) is 5.20. The third kappa shape index (κ3) is 5.17. The summed E-state index contributed by atoms with van der Waals surface area (Å²) in [5.74, 6) is -0.357. The zero-order chi connectivity index (χ0) is 18.4. The maximum absolute atomic E-state index is 12.8. The second-order valence-corrected chi connectivity index (χ2v) is 7.02. The van der Waals surface area contributed by atoms with Crippen molar-refractivity contribution in [3.05, 3.63) is 35.6 Å². The second-order valence-electron chi connectivity index (χ2n) is 7.02. The first-order valence-electron chi connectivity index (χ1n) is 9.40. The van der Waals surface area contributed by atoms with Gasteiger partial charge in [0.15, 0.2) is 0 Å². The molecule has 2 aliphatic rings. The average Bonchev–Trinajstić information content (AvgIpc) is 3.20. The zero-order valence-corrected chi connectivity index (χ0v) is 15.0. The van der Waals surface area contributed by atoms with Crippen LogP contribution in [-0.2, 0) is 11.3 Å². The maximum Gasteiger partial charge on any atom is 0.315 e. The summed E-state index contributed by atoms with van der Waals surface area (Å²) in [6, 6.07) is 6.23. The lowest BCUT2D eigenvalue weighted by Gasteiger charge is -2.38. The summed E-state index contributed by atoms with van der Waals surface area (Å²) in [6.45, 7) is 3.60. The molecule has 7 heteroatoms. The van der Waals surface area contributed by atoms with Gasteiger partial charge in [-0.05, 0) is 30.5 Å². The molecule has 1 aromatic rings. The average molecular weight is 362 g/mol. The minimum absolute atomic E-state index is 0.00131. The molecular formula is C19H27FN4O2. The van der Waals surface area contributed by atoms with E-state index in [0.717, 1.165) is 31.7 Å². The quantitative estimate of drug-likeness (QED) is 0.838. The first-order valence-corrected chi connectivity index (χ1v) is 9.40. The molecule has 1 heterocycles. The highest BCUT2D eigenvalue weighted by Crippen LogP contribution is 2.24. The summed E-state index contributed by atoms with van der Waals surface area (Å²) in [5.41, 5.74) is 0.802. The van der Waals surface area contributed by atoms with Gasteiger partial charge in [0.2, 0.25) is 5.91 Å². The van der Waals surface area contributed by atoms with E-state index in [0.29, 0.717) is 12.6 Å². The molecule has 0 unspecified atom stereocenters. The first kappa shape index (κ1) is 18.6. The molecule has 1 saturated carbocycles. The first-order chi connectivity index (χ1) is 12.6. The van der Waals surface area contributed by atoms with Crippen molar-refractivity contribution in [2.24, 2.45) is 0 Å². The van der Waals surface area contributed by atoms with Crippen molar-refractivity contribution in [1.29, 1.82) is 0 Å². The summed E-state index contributed by atoms with van der Waals surface area (Å²) >= 11 is 0. The zero-order valence-electron chi connectivity index (χ0n) is 15.0. The van der Waals surface area contributed by atoms with Gasteiger partial charge >= 0.3 is 6.03 Å². The molecule has 0 atom stereocenters. The number of nitrogens with zero attached hydrogens (tertiary/aromatic N) is 2.